The number of fused-ring (bicyclic) bond motifs is 2. The first-order valence-electron chi connectivity index (χ1n) is 12.0. The number of pyridine rings is 1. The van der Waals surface area contributed by atoms with E-state index in [0.717, 1.165) is 54.2 Å². The molecule has 2 aliphatic rings. The number of aromatic nitrogens is 4. The van der Waals surface area contributed by atoms with Crippen LogP contribution in [-0.4, -0.2) is 26.1 Å². The summed E-state index contributed by atoms with van der Waals surface area (Å²) in [4.78, 5) is 13.2. The van der Waals surface area contributed by atoms with E-state index in [1.165, 1.54) is 24.8 Å². The number of halogens is 1. The molecule has 33 heavy (non-hydrogen) atoms. The minimum Gasteiger partial charge on any atom is -0.383 e. The Hall–Kier alpha value is -3.22. The van der Waals surface area contributed by atoms with Gasteiger partial charge in [-0.2, -0.15) is 0 Å². The minimum absolute atomic E-state index is 0.266. The van der Waals surface area contributed by atoms with Gasteiger partial charge < -0.3 is 15.6 Å². The third kappa shape index (κ3) is 4.12. The normalized spacial score (nSPS) is 20.6. The van der Waals surface area contributed by atoms with E-state index in [4.69, 9.17) is 5.73 Å². The molecule has 0 amide bonds. The zero-order valence-corrected chi connectivity index (χ0v) is 18.7. The lowest BCUT2D eigenvalue weighted by atomic mass is 9.97. The number of nitrogens with two attached hydrogens (primary N) is 1. The van der Waals surface area contributed by atoms with Gasteiger partial charge in [-0.25, -0.2) is 19.3 Å². The number of nitrogens with one attached hydrogen (secondary N) is 1. The molecule has 0 aliphatic heterocycles. The quantitative estimate of drug-likeness (QED) is 0.394. The van der Waals surface area contributed by atoms with E-state index in [0.29, 0.717) is 29.5 Å². The van der Waals surface area contributed by atoms with Crippen molar-refractivity contribution in [3.63, 3.8) is 0 Å². The lowest BCUT2D eigenvalue weighted by Gasteiger charge is -2.14. The maximum atomic E-state index is 14.4. The Morgan fingerprint density at radius 3 is 2.82 bits per heavy atom. The van der Waals surface area contributed by atoms with Gasteiger partial charge in [0.05, 0.1) is 10.9 Å². The second kappa shape index (κ2) is 8.28. The number of nitrogens with zero attached hydrogens (tertiary/aromatic N) is 4. The number of hydrogen-bond acceptors (Lipinski definition) is 5. The van der Waals surface area contributed by atoms with Crippen LogP contribution in [0.1, 0.15) is 50.1 Å². The minimum atomic E-state index is -0.266. The number of hydrogen-bond donors (Lipinski definition) is 2. The lowest BCUT2D eigenvalue weighted by Crippen LogP contribution is -2.07. The van der Waals surface area contributed by atoms with Gasteiger partial charge in [0.15, 0.2) is 11.6 Å². The van der Waals surface area contributed by atoms with E-state index < -0.39 is 0 Å². The summed E-state index contributed by atoms with van der Waals surface area (Å²) in [6, 6.07) is 10.3. The topological polar surface area (TPSA) is 81.6 Å². The fourth-order valence-corrected chi connectivity index (χ4v) is 5.25. The maximum Gasteiger partial charge on any atom is 0.166 e. The van der Waals surface area contributed by atoms with Crippen molar-refractivity contribution in [2.75, 3.05) is 17.6 Å². The summed E-state index contributed by atoms with van der Waals surface area (Å²) in [6.45, 7) is 0.813. The molecule has 3 aromatic heterocycles. The van der Waals surface area contributed by atoms with Crippen molar-refractivity contribution >= 4 is 33.6 Å². The number of rotatable bonds is 7. The smallest absolute Gasteiger partial charge is 0.166 e. The van der Waals surface area contributed by atoms with Crippen molar-refractivity contribution in [1.82, 2.24) is 19.5 Å². The molecule has 170 valence electrons. The van der Waals surface area contributed by atoms with Crippen molar-refractivity contribution in [2.45, 2.75) is 51.0 Å². The summed E-state index contributed by atoms with van der Waals surface area (Å²) in [5.41, 5.74) is 9.08. The van der Waals surface area contributed by atoms with Gasteiger partial charge in [0.25, 0.3) is 0 Å². The van der Waals surface area contributed by atoms with Gasteiger partial charge in [-0.05, 0) is 80.5 Å². The first-order chi connectivity index (χ1) is 16.1. The predicted molar refractivity (Wildman–Crippen MR) is 130 cm³/mol. The molecule has 3 N–H and O–H groups in total. The molecule has 6 nitrogen and oxygen atoms in total. The monoisotopic (exact) mass is 444 g/mol. The second-order valence-corrected chi connectivity index (χ2v) is 9.76. The molecule has 2 unspecified atom stereocenters. The molecule has 0 radical (unpaired) electrons. The van der Waals surface area contributed by atoms with Crippen LogP contribution < -0.4 is 11.1 Å². The van der Waals surface area contributed by atoms with Gasteiger partial charge >= 0.3 is 0 Å². The molecule has 4 aromatic rings. The molecule has 0 saturated heterocycles. The van der Waals surface area contributed by atoms with Gasteiger partial charge in [-0.1, -0.05) is 12.1 Å². The van der Waals surface area contributed by atoms with Crippen LogP contribution in [0, 0.1) is 17.7 Å². The average Bonchev–Trinajstić information content (AvgIpc) is 3.35. The summed E-state index contributed by atoms with van der Waals surface area (Å²) in [7, 11) is 0. The highest BCUT2D eigenvalue weighted by Gasteiger charge is 2.27. The largest absolute Gasteiger partial charge is 0.383 e. The molecule has 2 atom stereocenters. The van der Waals surface area contributed by atoms with Crippen LogP contribution in [0.4, 0.5) is 16.0 Å². The molecule has 6 rings (SSSR count). The zero-order chi connectivity index (χ0) is 22.4. The third-order valence-electron chi connectivity index (χ3n) is 7.38. The van der Waals surface area contributed by atoms with Crippen molar-refractivity contribution in [3.05, 3.63) is 54.2 Å². The Balaban J connectivity index is 1.12. The standard InChI is InChI=1S/C26H29FN6/c27-22-13-19-7-5-17(12-23(19)32-25(22)29-14-18-3-4-18)2-1-16-6-8-20(11-16)33-10-9-21-24(28)30-15-31-26(21)33/h5,7,9-10,12-13,15-16,18,20H,1-4,6,8,11,14H2,(H,29,32)(H2,28,30,31). The van der Waals surface area contributed by atoms with Crippen LogP contribution in [0.25, 0.3) is 21.9 Å². The highest BCUT2D eigenvalue weighted by molar-refractivity contribution is 5.86. The van der Waals surface area contributed by atoms with Crippen LogP contribution in [0.3, 0.4) is 0 Å². The average molecular weight is 445 g/mol. The Morgan fingerprint density at radius 2 is 1.94 bits per heavy atom. The van der Waals surface area contributed by atoms with Gasteiger partial charge in [0.2, 0.25) is 0 Å². The number of anilines is 2. The Bertz CT molecular complexity index is 1310. The summed E-state index contributed by atoms with van der Waals surface area (Å²) in [5, 5.41) is 4.99. The Morgan fingerprint density at radius 1 is 1.06 bits per heavy atom. The molecule has 0 spiro atoms. The van der Waals surface area contributed by atoms with Crippen molar-refractivity contribution in [2.24, 2.45) is 11.8 Å². The van der Waals surface area contributed by atoms with Crippen LogP contribution >= 0.6 is 0 Å². The summed E-state index contributed by atoms with van der Waals surface area (Å²) >= 11 is 0. The summed E-state index contributed by atoms with van der Waals surface area (Å²) in [5.74, 6) is 2.02. The highest BCUT2D eigenvalue weighted by Crippen LogP contribution is 2.39. The molecule has 2 aliphatic carbocycles. The molecule has 0 bridgehead atoms. The molecule has 2 saturated carbocycles. The van der Waals surface area contributed by atoms with E-state index in [1.807, 2.05) is 12.1 Å². The molecular formula is C26H29FN6. The number of aryl methyl sites for hydroxylation is 1. The van der Waals surface area contributed by atoms with Crippen molar-refractivity contribution in [1.29, 1.82) is 0 Å². The number of nitrogen functional groups attached to an aromatic ring is 1. The first-order valence-corrected chi connectivity index (χ1v) is 12.0. The molecule has 2 fully saturated rings. The SMILES string of the molecule is Nc1ncnc2c1ccn2C1CCC(CCc2ccc3cc(F)c(NCC4CC4)nc3c2)C1. The van der Waals surface area contributed by atoms with Crippen LogP contribution in [0.15, 0.2) is 42.9 Å². The fraction of sp³-hybridized carbons (Fsp3) is 0.423. The Labute approximate surface area is 192 Å². The lowest BCUT2D eigenvalue weighted by molar-refractivity contribution is 0.461. The zero-order valence-electron chi connectivity index (χ0n) is 18.7. The van der Waals surface area contributed by atoms with Crippen molar-refractivity contribution < 1.29 is 4.39 Å². The van der Waals surface area contributed by atoms with Gasteiger partial charge in [-0.3, -0.25) is 0 Å². The van der Waals surface area contributed by atoms with E-state index >= 15 is 0 Å². The predicted octanol–water partition coefficient (Wildman–Crippen LogP) is 5.50. The fourth-order valence-electron chi connectivity index (χ4n) is 5.25. The maximum absolute atomic E-state index is 14.4. The van der Waals surface area contributed by atoms with Crippen LogP contribution in [0.2, 0.25) is 0 Å². The van der Waals surface area contributed by atoms with Gasteiger partial charge in [-0.15, -0.1) is 0 Å². The van der Waals surface area contributed by atoms with E-state index in [9.17, 15) is 4.39 Å². The van der Waals surface area contributed by atoms with Crippen LogP contribution in [-0.2, 0) is 6.42 Å². The highest BCUT2D eigenvalue weighted by atomic mass is 19.1. The number of benzene rings is 1. The third-order valence-corrected chi connectivity index (χ3v) is 7.38. The summed E-state index contributed by atoms with van der Waals surface area (Å²) in [6.07, 6.45) is 11.8. The van der Waals surface area contributed by atoms with E-state index in [-0.39, 0.29) is 5.82 Å². The van der Waals surface area contributed by atoms with E-state index in [2.05, 4.69) is 43.2 Å². The second-order valence-electron chi connectivity index (χ2n) is 9.76. The molecule has 1 aromatic carbocycles. The van der Waals surface area contributed by atoms with Gasteiger partial charge in [0.1, 0.15) is 17.8 Å². The first kappa shape index (κ1) is 20.4. The Kier molecular flexibility index (Phi) is 5.12. The molecule has 7 heteroatoms. The summed E-state index contributed by atoms with van der Waals surface area (Å²) < 4.78 is 16.7. The van der Waals surface area contributed by atoms with Crippen LogP contribution in [0.5, 0.6) is 0 Å². The van der Waals surface area contributed by atoms with Crippen molar-refractivity contribution in [3.8, 4) is 0 Å². The molecular weight excluding hydrogens is 415 g/mol. The van der Waals surface area contributed by atoms with E-state index in [1.54, 1.807) is 12.4 Å². The molecule has 3 heterocycles. The van der Waals surface area contributed by atoms with Gasteiger partial charge in [0, 0.05) is 24.2 Å².